The van der Waals surface area contributed by atoms with Crippen molar-refractivity contribution in [2.45, 2.75) is 71.2 Å². The summed E-state index contributed by atoms with van der Waals surface area (Å²) >= 11 is 0. The molecule has 0 aliphatic carbocycles. The van der Waals surface area contributed by atoms with E-state index in [0.717, 1.165) is 11.8 Å². The maximum Gasteiger partial charge on any atom is 1.00 e. The largest absolute Gasteiger partial charge is 1.00 e. The summed E-state index contributed by atoms with van der Waals surface area (Å²) in [6.07, 6.45) is 1.36. The zero-order valence-electron chi connectivity index (χ0n) is 7.31. The molecule has 14 heavy (non-hydrogen) atoms. The third kappa shape index (κ3) is 75.4. The van der Waals surface area contributed by atoms with Crippen molar-refractivity contribution >= 4 is 0 Å². The van der Waals surface area contributed by atoms with Crippen molar-refractivity contribution < 1.29 is 35.0 Å². The van der Waals surface area contributed by atoms with Gasteiger partial charge in [-0.1, -0.05) is 64.8 Å². The summed E-state index contributed by atoms with van der Waals surface area (Å²) in [6, 6.07) is 0. The Morgan fingerprint density at radius 3 is 0.786 bits per heavy atom. The van der Waals surface area contributed by atoms with Gasteiger partial charge in [0.2, 0.25) is 0 Å². The van der Waals surface area contributed by atoms with Crippen LogP contribution in [0.2, 0.25) is 0 Å². The van der Waals surface area contributed by atoms with Gasteiger partial charge in [-0.05, 0) is 18.3 Å². The van der Waals surface area contributed by atoms with Crippen LogP contribution in [0, 0.1) is 11.8 Å². The molecule has 0 aromatic heterocycles. The van der Waals surface area contributed by atoms with E-state index in [0.29, 0.717) is 0 Å². The van der Waals surface area contributed by atoms with E-state index in [-0.39, 0.29) is 72.2 Å². The Balaban J connectivity index is -0.00000000857. The first-order valence-electron chi connectivity index (χ1n) is 3.13. The molecule has 0 bridgehead atoms. The van der Waals surface area contributed by atoms with Crippen LogP contribution in [0.5, 0.6) is 0 Å². The zero-order chi connectivity index (χ0) is 5.86. The van der Waals surface area contributed by atoms with Crippen LogP contribution in [0.1, 0.15) is 71.2 Å². The Hall–Kier alpha value is 0.960. The molecule has 92 valence electrons. The number of hydrogen-bond donors (Lipinski definition) is 0. The molecular formula is C12H37NaO. The molecule has 0 atom stereocenters. The molecule has 0 amide bonds. The molecule has 0 fully saturated rings. The molecule has 0 saturated carbocycles. The van der Waals surface area contributed by atoms with Gasteiger partial charge in [-0.15, -0.1) is 0 Å². The van der Waals surface area contributed by atoms with E-state index in [9.17, 15) is 0 Å². The minimum Gasteiger partial charge on any atom is -0.870 e. The normalized spacial score (nSPS) is 5.57. The van der Waals surface area contributed by atoms with Gasteiger partial charge >= 0.3 is 29.6 Å². The molecule has 0 saturated heterocycles. The molecule has 0 aromatic rings. The van der Waals surface area contributed by atoms with Gasteiger partial charge in [-0.2, -0.15) is 0 Å². The van der Waals surface area contributed by atoms with Crippen molar-refractivity contribution in [1.82, 2.24) is 0 Å². The minimum absolute atomic E-state index is 0. The molecule has 1 N–H and O–H groups in total. The van der Waals surface area contributed by atoms with Gasteiger partial charge in [0.1, 0.15) is 0 Å². The Labute approximate surface area is 118 Å². The van der Waals surface area contributed by atoms with Crippen LogP contribution < -0.4 is 29.6 Å². The monoisotopic (exact) mass is 220 g/mol. The Morgan fingerprint density at radius 1 is 0.643 bits per heavy atom. The molecular weight excluding hydrogens is 183 g/mol. The molecule has 0 aliphatic heterocycles. The summed E-state index contributed by atoms with van der Waals surface area (Å²) in [7, 11) is 0. The van der Waals surface area contributed by atoms with E-state index in [4.69, 9.17) is 0 Å². The molecule has 1 nitrogen and oxygen atoms in total. The maximum atomic E-state index is 2.26. The minimum atomic E-state index is 0. The second kappa shape index (κ2) is 37.0. The molecule has 0 heterocycles. The first kappa shape index (κ1) is 60.2. The first-order valence-corrected chi connectivity index (χ1v) is 3.13. The van der Waals surface area contributed by atoms with Crippen LogP contribution in [-0.2, 0) is 0 Å². The van der Waals surface area contributed by atoms with Crippen LogP contribution in [0.15, 0.2) is 0 Å². The first-order chi connectivity index (χ1) is 3.13. The summed E-state index contributed by atoms with van der Waals surface area (Å²) < 4.78 is 0. The molecule has 0 unspecified atom stereocenters. The second-order valence-electron chi connectivity index (χ2n) is 3.02. The topological polar surface area (TPSA) is 30.0 Å². The van der Waals surface area contributed by atoms with Crippen LogP contribution in [-0.4, -0.2) is 5.48 Å². The summed E-state index contributed by atoms with van der Waals surface area (Å²) in [5.74, 6) is 1.75. The van der Waals surface area contributed by atoms with Crippen molar-refractivity contribution in [1.29, 1.82) is 0 Å². The van der Waals surface area contributed by atoms with Crippen molar-refractivity contribution in [3.8, 4) is 0 Å². The van der Waals surface area contributed by atoms with Gasteiger partial charge in [0.15, 0.2) is 0 Å². The van der Waals surface area contributed by atoms with Crippen LogP contribution in [0.3, 0.4) is 0 Å². The predicted octanol–water partition coefficient (Wildman–Crippen LogP) is 2.70. The third-order valence-electron chi connectivity index (χ3n) is 0.943. The molecule has 0 spiro atoms. The zero-order valence-corrected chi connectivity index (χ0v) is 9.31. The number of rotatable bonds is 2. The Morgan fingerprint density at radius 2 is 0.786 bits per heavy atom. The third-order valence-corrected chi connectivity index (χ3v) is 0.943. The van der Waals surface area contributed by atoms with Crippen molar-refractivity contribution in [3.63, 3.8) is 0 Å². The van der Waals surface area contributed by atoms with Gasteiger partial charge in [0, 0.05) is 0 Å². The predicted molar refractivity (Wildman–Crippen MR) is 69.9 cm³/mol. The van der Waals surface area contributed by atoms with Gasteiger partial charge in [-0.3, -0.25) is 0 Å². The van der Waals surface area contributed by atoms with Crippen LogP contribution in [0.4, 0.5) is 0 Å². The molecule has 0 aromatic carbocycles. The van der Waals surface area contributed by atoms with Crippen molar-refractivity contribution in [3.05, 3.63) is 0 Å². The summed E-state index contributed by atoms with van der Waals surface area (Å²) in [5.41, 5.74) is 0. The SMILES string of the molecule is C.C.C.C.C.CC(C)CC(C)C.[Na+].[OH-]. The van der Waals surface area contributed by atoms with E-state index in [1.165, 1.54) is 6.42 Å². The van der Waals surface area contributed by atoms with E-state index >= 15 is 0 Å². The average molecular weight is 220 g/mol. The second-order valence-corrected chi connectivity index (χ2v) is 3.02. The summed E-state index contributed by atoms with van der Waals surface area (Å²) in [6.45, 7) is 9.06. The van der Waals surface area contributed by atoms with Crippen molar-refractivity contribution in [2.24, 2.45) is 11.8 Å². The molecule has 2 heteroatoms. The summed E-state index contributed by atoms with van der Waals surface area (Å²) in [5, 5.41) is 0. The van der Waals surface area contributed by atoms with E-state index in [1.807, 2.05) is 0 Å². The van der Waals surface area contributed by atoms with Crippen molar-refractivity contribution in [2.75, 3.05) is 0 Å². The van der Waals surface area contributed by atoms with Crippen LogP contribution >= 0.6 is 0 Å². The fraction of sp³-hybridized carbons (Fsp3) is 1.00. The fourth-order valence-electron chi connectivity index (χ4n) is 0.943. The maximum absolute atomic E-state index is 2.26. The van der Waals surface area contributed by atoms with Crippen LogP contribution in [0.25, 0.3) is 0 Å². The molecule has 0 radical (unpaired) electrons. The standard InChI is InChI=1S/C7H16.5CH4.Na.H2O/c1-6(2)5-7(3)4;;;;;;;/h6-7H,5H2,1-4H3;5*1H4;;1H2/q;;;;;;+1;/p-1. The fourth-order valence-corrected chi connectivity index (χ4v) is 0.943. The van der Waals surface area contributed by atoms with E-state index in [1.54, 1.807) is 0 Å². The van der Waals surface area contributed by atoms with Gasteiger partial charge in [0.05, 0.1) is 0 Å². The smallest absolute Gasteiger partial charge is 0.870 e. The Kier molecular flexibility index (Phi) is 159. The Bertz CT molecular complexity index is 39.6. The van der Waals surface area contributed by atoms with E-state index < -0.39 is 0 Å². The van der Waals surface area contributed by atoms with E-state index in [2.05, 4.69) is 27.7 Å². The average Bonchev–Trinajstić information content (AvgIpc) is 1.27. The molecule has 0 rings (SSSR count). The number of hydrogen-bond acceptors (Lipinski definition) is 1. The van der Waals surface area contributed by atoms with Gasteiger partial charge < -0.3 is 5.48 Å². The molecule has 0 aliphatic rings. The summed E-state index contributed by atoms with van der Waals surface area (Å²) in [4.78, 5) is 0. The van der Waals surface area contributed by atoms with Gasteiger partial charge in [-0.25, -0.2) is 0 Å². The van der Waals surface area contributed by atoms with Gasteiger partial charge in [0.25, 0.3) is 0 Å². The quantitative estimate of drug-likeness (QED) is 0.658.